The van der Waals surface area contributed by atoms with Crippen LogP contribution in [0.5, 0.6) is 0 Å². The van der Waals surface area contributed by atoms with Gasteiger partial charge in [0.25, 0.3) is 5.91 Å². The molecule has 0 N–H and O–H groups in total. The number of carbonyl (C=O) groups excluding carboxylic acids is 2. The van der Waals surface area contributed by atoms with Crippen molar-refractivity contribution in [3.8, 4) is 0 Å². The van der Waals surface area contributed by atoms with E-state index in [-0.39, 0.29) is 30.2 Å². The lowest BCUT2D eigenvalue weighted by atomic mass is 9.93. The molecule has 0 spiro atoms. The van der Waals surface area contributed by atoms with Crippen LogP contribution in [0, 0.1) is 12.7 Å². The van der Waals surface area contributed by atoms with Crippen molar-refractivity contribution in [1.29, 1.82) is 0 Å². The molecule has 7 heteroatoms. The Morgan fingerprint density at radius 1 is 0.971 bits per heavy atom. The molecule has 0 saturated carbocycles. The predicted octanol–water partition coefficient (Wildman–Crippen LogP) is 4.13. The molecule has 0 bridgehead atoms. The Labute approximate surface area is 203 Å². The van der Waals surface area contributed by atoms with Crippen LogP contribution in [-0.2, 0) is 11.2 Å². The summed E-state index contributed by atoms with van der Waals surface area (Å²) in [4.78, 5) is 33.3. The summed E-state index contributed by atoms with van der Waals surface area (Å²) in [5.74, 6) is -0.180. The summed E-state index contributed by atoms with van der Waals surface area (Å²) >= 11 is 1.73. The topological polar surface area (TPSA) is 43.9 Å². The molecule has 5 nitrogen and oxygen atoms in total. The fraction of sp³-hybridized carbons (Fsp3) is 0.333. The maximum atomic E-state index is 14.0. The number of nitrogens with zero attached hydrogens (tertiary/aromatic N) is 3. The Bertz CT molecular complexity index is 1200. The monoisotopic (exact) mass is 477 g/mol. The van der Waals surface area contributed by atoms with E-state index in [0.29, 0.717) is 26.2 Å². The molecular formula is C27H28FN3O2S. The summed E-state index contributed by atoms with van der Waals surface area (Å²) in [5.41, 5.74) is 3.73. The molecule has 0 aliphatic carbocycles. The smallest absolute Gasteiger partial charge is 0.254 e. The van der Waals surface area contributed by atoms with E-state index in [9.17, 15) is 14.0 Å². The number of amides is 2. The van der Waals surface area contributed by atoms with Gasteiger partial charge in [0.2, 0.25) is 5.91 Å². The van der Waals surface area contributed by atoms with Crippen molar-refractivity contribution in [2.75, 3.05) is 39.3 Å². The molecule has 1 aromatic heterocycles. The maximum absolute atomic E-state index is 14.0. The molecular weight excluding hydrogens is 449 g/mol. The van der Waals surface area contributed by atoms with Crippen molar-refractivity contribution >= 4 is 23.2 Å². The lowest BCUT2D eigenvalue weighted by Crippen LogP contribution is -2.53. The van der Waals surface area contributed by atoms with Gasteiger partial charge >= 0.3 is 0 Å². The van der Waals surface area contributed by atoms with E-state index >= 15 is 0 Å². The minimum Gasteiger partial charge on any atom is -0.338 e. The Hall–Kier alpha value is -3.03. The molecule has 176 valence electrons. The van der Waals surface area contributed by atoms with Crippen LogP contribution in [0.25, 0.3) is 0 Å². The molecule has 3 aromatic rings. The van der Waals surface area contributed by atoms with Crippen LogP contribution in [0.1, 0.15) is 38.0 Å². The number of hydrogen-bond acceptors (Lipinski definition) is 4. The molecule has 2 amide bonds. The Morgan fingerprint density at radius 2 is 1.74 bits per heavy atom. The summed E-state index contributed by atoms with van der Waals surface area (Å²) in [6.45, 7) is 5.09. The minimum atomic E-state index is -0.263. The Kier molecular flexibility index (Phi) is 6.48. The van der Waals surface area contributed by atoms with Crippen LogP contribution in [0.15, 0.2) is 60.0 Å². The van der Waals surface area contributed by atoms with Crippen LogP contribution < -0.4 is 0 Å². The van der Waals surface area contributed by atoms with Gasteiger partial charge in [0, 0.05) is 43.2 Å². The van der Waals surface area contributed by atoms with Crippen LogP contribution in [0.4, 0.5) is 4.39 Å². The highest BCUT2D eigenvalue weighted by molar-refractivity contribution is 7.10. The largest absolute Gasteiger partial charge is 0.338 e. The number of rotatable bonds is 4. The first-order valence-corrected chi connectivity index (χ1v) is 12.6. The van der Waals surface area contributed by atoms with Gasteiger partial charge in [0.15, 0.2) is 0 Å². The van der Waals surface area contributed by atoms with Crippen molar-refractivity contribution in [2.24, 2.45) is 0 Å². The third-order valence-corrected chi connectivity index (χ3v) is 7.86. The Morgan fingerprint density at radius 3 is 2.50 bits per heavy atom. The van der Waals surface area contributed by atoms with E-state index in [1.807, 2.05) is 47.1 Å². The molecule has 3 heterocycles. The SMILES string of the molecule is Cc1ccccc1C(=O)N1CCN(C(=O)CN2CCc3sccc3C2c2cccc(F)c2)CC1. The van der Waals surface area contributed by atoms with E-state index in [0.717, 1.165) is 29.7 Å². The zero-order valence-corrected chi connectivity index (χ0v) is 20.1. The quantitative estimate of drug-likeness (QED) is 0.568. The molecule has 1 atom stereocenters. The zero-order valence-electron chi connectivity index (χ0n) is 19.2. The number of thiophene rings is 1. The summed E-state index contributed by atoms with van der Waals surface area (Å²) in [5, 5.41) is 2.08. The molecule has 0 radical (unpaired) electrons. The van der Waals surface area contributed by atoms with Crippen molar-refractivity contribution < 1.29 is 14.0 Å². The van der Waals surface area contributed by atoms with Crippen LogP contribution in [0.2, 0.25) is 0 Å². The second-order valence-corrected chi connectivity index (χ2v) is 9.97. The predicted molar refractivity (Wildman–Crippen MR) is 132 cm³/mol. The van der Waals surface area contributed by atoms with Crippen molar-refractivity contribution in [1.82, 2.24) is 14.7 Å². The van der Waals surface area contributed by atoms with Crippen LogP contribution in [0.3, 0.4) is 0 Å². The third-order valence-electron chi connectivity index (χ3n) is 6.86. The number of fused-ring (bicyclic) bond motifs is 1. The number of carbonyl (C=O) groups is 2. The van der Waals surface area contributed by atoms with Crippen LogP contribution >= 0.6 is 11.3 Å². The van der Waals surface area contributed by atoms with Crippen molar-refractivity contribution in [3.63, 3.8) is 0 Å². The summed E-state index contributed by atoms with van der Waals surface area (Å²) in [7, 11) is 0. The Balaban J connectivity index is 1.26. The molecule has 2 aromatic carbocycles. The first kappa shape index (κ1) is 22.7. The highest BCUT2D eigenvalue weighted by Gasteiger charge is 2.33. The first-order valence-electron chi connectivity index (χ1n) is 11.7. The molecule has 2 aliphatic rings. The second kappa shape index (κ2) is 9.68. The first-order chi connectivity index (χ1) is 16.5. The fourth-order valence-electron chi connectivity index (χ4n) is 5.02. The molecule has 1 saturated heterocycles. The maximum Gasteiger partial charge on any atom is 0.254 e. The average molecular weight is 478 g/mol. The summed E-state index contributed by atoms with van der Waals surface area (Å²) in [6.07, 6.45) is 0.894. The molecule has 2 aliphatic heterocycles. The van der Waals surface area contributed by atoms with E-state index in [1.54, 1.807) is 23.5 Å². The number of halogens is 1. The van der Waals surface area contributed by atoms with Crippen molar-refractivity contribution in [2.45, 2.75) is 19.4 Å². The highest BCUT2D eigenvalue weighted by atomic mass is 32.1. The van der Waals surface area contributed by atoms with Gasteiger partial charge in [-0.15, -0.1) is 11.3 Å². The molecule has 1 unspecified atom stereocenters. The zero-order chi connectivity index (χ0) is 23.7. The number of hydrogen-bond donors (Lipinski definition) is 0. The number of benzene rings is 2. The number of piperazine rings is 1. The van der Waals surface area contributed by atoms with Gasteiger partial charge in [-0.25, -0.2) is 4.39 Å². The van der Waals surface area contributed by atoms with Crippen molar-refractivity contribution in [3.05, 3.63) is 92.9 Å². The minimum absolute atomic E-state index is 0.0254. The lowest BCUT2D eigenvalue weighted by molar-refractivity contribution is -0.134. The summed E-state index contributed by atoms with van der Waals surface area (Å²) < 4.78 is 14.0. The van der Waals surface area contributed by atoms with Gasteiger partial charge in [-0.05, 0) is 59.7 Å². The van der Waals surface area contributed by atoms with Crippen LogP contribution in [-0.4, -0.2) is 65.8 Å². The van der Waals surface area contributed by atoms with E-state index in [2.05, 4.69) is 16.3 Å². The second-order valence-electron chi connectivity index (χ2n) is 8.97. The van der Waals surface area contributed by atoms with E-state index in [4.69, 9.17) is 0 Å². The fourth-order valence-corrected chi connectivity index (χ4v) is 5.93. The summed E-state index contributed by atoms with van der Waals surface area (Å²) in [6, 6.07) is 16.3. The van der Waals surface area contributed by atoms with Gasteiger partial charge in [0.05, 0.1) is 12.6 Å². The molecule has 5 rings (SSSR count). The van der Waals surface area contributed by atoms with E-state index < -0.39 is 0 Å². The highest BCUT2D eigenvalue weighted by Crippen LogP contribution is 2.37. The number of aryl methyl sites for hydroxylation is 1. The molecule has 34 heavy (non-hydrogen) atoms. The van der Waals surface area contributed by atoms with Gasteiger partial charge in [-0.1, -0.05) is 30.3 Å². The third kappa shape index (κ3) is 4.50. The van der Waals surface area contributed by atoms with E-state index in [1.165, 1.54) is 16.5 Å². The lowest BCUT2D eigenvalue weighted by Gasteiger charge is -2.39. The van der Waals surface area contributed by atoms with Gasteiger partial charge in [-0.2, -0.15) is 0 Å². The van der Waals surface area contributed by atoms with Gasteiger partial charge < -0.3 is 9.80 Å². The molecule has 1 fully saturated rings. The normalized spacial score (nSPS) is 18.6. The standard InChI is InChI=1S/C27H28FN3O2S/c1-19-5-2-3-8-22(19)27(33)30-14-12-29(13-15-30)25(32)18-31-11-9-24-23(10-16-34-24)26(31)20-6-4-7-21(28)17-20/h2-8,10,16-17,26H,9,11-15,18H2,1H3. The van der Waals surface area contributed by atoms with Gasteiger partial charge in [-0.3, -0.25) is 14.5 Å². The van der Waals surface area contributed by atoms with Gasteiger partial charge in [0.1, 0.15) is 5.82 Å². The average Bonchev–Trinajstić information content (AvgIpc) is 3.33.